The fourth-order valence-corrected chi connectivity index (χ4v) is 1.17. The Bertz CT molecular complexity index is 191. The van der Waals surface area contributed by atoms with Gasteiger partial charge < -0.3 is 14.4 Å². The van der Waals surface area contributed by atoms with Crippen LogP contribution in [0.3, 0.4) is 0 Å². The fraction of sp³-hybridized carbons (Fsp3) is 0.917. The van der Waals surface area contributed by atoms with E-state index in [1.165, 1.54) is 0 Å². The SMILES string of the molecule is CCCCN(CCOC)C(=O)OC(C)(C)C. The van der Waals surface area contributed by atoms with Gasteiger partial charge in [0.2, 0.25) is 0 Å². The Labute approximate surface area is 98.9 Å². The lowest BCUT2D eigenvalue weighted by atomic mass is 10.2. The third-order valence-electron chi connectivity index (χ3n) is 2.00. The monoisotopic (exact) mass is 231 g/mol. The highest BCUT2D eigenvalue weighted by molar-refractivity contribution is 5.68. The first-order valence-corrected chi connectivity index (χ1v) is 5.87. The highest BCUT2D eigenvalue weighted by Crippen LogP contribution is 2.10. The highest BCUT2D eigenvalue weighted by Gasteiger charge is 2.21. The van der Waals surface area contributed by atoms with E-state index >= 15 is 0 Å². The van der Waals surface area contributed by atoms with Crippen LogP contribution in [-0.2, 0) is 9.47 Å². The maximum absolute atomic E-state index is 11.8. The molecular weight excluding hydrogens is 206 g/mol. The third-order valence-corrected chi connectivity index (χ3v) is 2.00. The van der Waals surface area contributed by atoms with E-state index in [1.54, 1.807) is 12.0 Å². The number of amides is 1. The molecule has 0 atom stereocenters. The second-order valence-electron chi connectivity index (χ2n) is 4.81. The molecule has 0 unspecified atom stereocenters. The van der Waals surface area contributed by atoms with Crippen LogP contribution in [0.15, 0.2) is 0 Å². The molecule has 4 nitrogen and oxygen atoms in total. The van der Waals surface area contributed by atoms with Crippen LogP contribution in [0.25, 0.3) is 0 Å². The van der Waals surface area contributed by atoms with Gasteiger partial charge in [0.25, 0.3) is 0 Å². The lowest BCUT2D eigenvalue weighted by molar-refractivity contribution is 0.0199. The second-order valence-corrected chi connectivity index (χ2v) is 4.81. The Morgan fingerprint density at radius 3 is 2.31 bits per heavy atom. The maximum atomic E-state index is 11.8. The molecule has 0 rings (SSSR count). The van der Waals surface area contributed by atoms with Crippen molar-refractivity contribution in [2.45, 2.75) is 46.1 Å². The van der Waals surface area contributed by atoms with Gasteiger partial charge in [-0.2, -0.15) is 0 Å². The summed E-state index contributed by atoms with van der Waals surface area (Å²) in [6.45, 7) is 9.59. The molecule has 0 fully saturated rings. The number of unbranched alkanes of at least 4 members (excludes halogenated alkanes) is 1. The van der Waals surface area contributed by atoms with E-state index in [-0.39, 0.29) is 6.09 Å². The number of hydrogen-bond donors (Lipinski definition) is 0. The summed E-state index contributed by atoms with van der Waals surface area (Å²) >= 11 is 0. The van der Waals surface area contributed by atoms with Crippen LogP contribution < -0.4 is 0 Å². The molecule has 0 saturated carbocycles. The number of hydrogen-bond acceptors (Lipinski definition) is 3. The normalized spacial score (nSPS) is 11.3. The van der Waals surface area contributed by atoms with E-state index in [4.69, 9.17) is 9.47 Å². The quantitative estimate of drug-likeness (QED) is 0.705. The molecule has 0 bridgehead atoms. The summed E-state index contributed by atoms with van der Waals surface area (Å²) in [4.78, 5) is 13.5. The van der Waals surface area contributed by atoms with Gasteiger partial charge in [-0.25, -0.2) is 4.79 Å². The molecule has 0 radical (unpaired) electrons. The zero-order chi connectivity index (χ0) is 12.6. The van der Waals surface area contributed by atoms with Gasteiger partial charge in [0.05, 0.1) is 6.61 Å². The van der Waals surface area contributed by atoms with E-state index in [9.17, 15) is 4.79 Å². The molecule has 0 saturated heterocycles. The summed E-state index contributed by atoms with van der Waals surface area (Å²) in [7, 11) is 1.63. The first-order chi connectivity index (χ1) is 7.40. The molecule has 4 heteroatoms. The Morgan fingerprint density at radius 2 is 1.88 bits per heavy atom. The molecule has 16 heavy (non-hydrogen) atoms. The third kappa shape index (κ3) is 7.51. The number of nitrogens with zero attached hydrogens (tertiary/aromatic N) is 1. The first kappa shape index (κ1) is 15.2. The van der Waals surface area contributed by atoms with E-state index in [1.807, 2.05) is 20.8 Å². The molecule has 0 aromatic heterocycles. The Morgan fingerprint density at radius 1 is 1.25 bits per heavy atom. The van der Waals surface area contributed by atoms with Crippen molar-refractivity contribution in [3.05, 3.63) is 0 Å². The van der Waals surface area contributed by atoms with Crippen LogP contribution in [0.5, 0.6) is 0 Å². The van der Waals surface area contributed by atoms with Crippen molar-refractivity contribution in [1.29, 1.82) is 0 Å². The summed E-state index contributed by atoms with van der Waals surface area (Å²) in [6.07, 6.45) is 1.80. The second kappa shape index (κ2) is 7.49. The summed E-state index contributed by atoms with van der Waals surface area (Å²) in [6, 6.07) is 0. The van der Waals surface area contributed by atoms with Gasteiger partial charge in [-0.3, -0.25) is 0 Å². The number of rotatable bonds is 6. The van der Waals surface area contributed by atoms with Gasteiger partial charge in [-0.1, -0.05) is 13.3 Å². The van der Waals surface area contributed by atoms with Crippen molar-refractivity contribution in [3.8, 4) is 0 Å². The van der Waals surface area contributed by atoms with Gasteiger partial charge in [-0.15, -0.1) is 0 Å². The number of ether oxygens (including phenoxy) is 2. The number of carbonyl (C=O) groups is 1. The Hall–Kier alpha value is -0.770. The van der Waals surface area contributed by atoms with E-state index < -0.39 is 5.60 Å². The summed E-state index contributed by atoms with van der Waals surface area (Å²) < 4.78 is 10.3. The standard InChI is InChI=1S/C12H25NO3/c1-6-7-8-13(9-10-15-5)11(14)16-12(2,3)4/h6-10H2,1-5H3. The smallest absolute Gasteiger partial charge is 0.410 e. The minimum absolute atomic E-state index is 0.252. The van der Waals surface area contributed by atoms with Crippen LogP contribution in [0.2, 0.25) is 0 Å². The Balaban J connectivity index is 4.19. The van der Waals surface area contributed by atoms with Crippen molar-refractivity contribution < 1.29 is 14.3 Å². The molecule has 0 spiro atoms. The van der Waals surface area contributed by atoms with Gasteiger partial charge >= 0.3 is 6.09 Å². The van der Waals surface area contributed by atoms with Gasteiger partial charge in [0.15, 0.2) is 0 Å². The predicted molar refractivity (Wildman–Crippen MR) is 64.6 cm³/mol. The number of carbonyl (C=O) groups excluding carboxylic acids is 1. The largest absolute Gasteiger partial charge is 0.444 e. The molecule has 0 aliphatic rings. The summed E-state index contributed by atoms with van der Waals surface area (Å²) in [5, 5.41) is 0. The topological polar surface area (TPSA) is 38.8 Å². The summed E-state index contributed by atoms with van der Waals surface area (Å²) in [5.74, 6) is 0. The van der Waals surface area contributed by atoms with Gasteiger partial charge in [-0.05, 0) is 27.2 Å². The Kier molecular flexibility index (Phi) is 7.13. The van der Waals surface area contributed by atoms with E-state index in [0.29, 0.717) is 13.2 Å². The van der Waals surface area contributed by atoms with Crippen LogP contribution >= 0.6 is 0 Å². The molecule has 0 aromatic rings. The van der Waals surface area contributed by atoms with Gasteiger partial charge in [0.1, 0.15) is 5.60 Å². The van der Waals surface area contributed by atoms with Gasteiger partial charge in [0, 0.05) is 20.2 Å². The zero-order valence-corrected chi connectivity index (χ0v) is 11.2. The molecule has 1 amide bonds. The molecule has 0 heterocycles. The van der Waals surface area contributed by atoms with Crippen LogP contribution in [-0.4, -0.2) is 43.4 Å². The molecule has 0 N–H and O–H groups in total. The number of methoxy groups -OCH3 is 1. The summed E-state index contributed by atoms with van der Waals surface area (Å²) in [5.41, 5.74) is -0.436. The minimum Gasteiger partial charge on any atom is -0.444 e. The molecular formula is C12H25NO3. The predicted octanol–water partition coefficient (Wildman–Crippen LogP) is 2.67. The molecule has 0 aliphatic heterocycles. The molecule has 0 aromatic carbocycles. The maximum Gasteiger partial charge on any atom is 0.410 e. The average molecular weight is 231 g/mol. The van der Waals surface area contributed by atoms with E-state index in [2.05, 4.69) is 6.92 Å². The fourth-order valence-electron chi connectivity index (χ4n) is 1.17. The first-order valence-electron chi connectivity index (χ1n) is 5.87. The van der Waals surface area contributed by atoms with Crippen molar-refractivity contribution >= 4 is 6.09 Å². The van der Waals surface area contributed by atoms with E-state index in [0.717, 1.165) is 19.4 Å². The zero-order valence-electron chi connectivity index (χ0n) is 11.2. The van der Waals surface area contributed by atoms with Crippen LogP contribution in [0.1, 0.15) is 40.5 Å². The molecule has 96 valence electrons. The van der Waals surface area contributed by atoms with Crippen molar-refractivity contribution in [2.24, 2.45) is 0 Å². The van der Waals surface area contributed by atoms with Crippen LogP contribution in [0, 0.1) is 0 Å². The van der Waals surface area contributed by atoms with Crippen molar-refractivity contribution in [3.63, 3.8) is 0 Å². The highest BCUT2D eigenvalue weighted by atomic mass is 16.6. The lowest BCUT2D eigenvalue weighted by Crippen LogP contribution is -2.39. The molecule has 0 aliphatic carbocycles. The van der Waals surface area contributed by atoms with Crippen molar-refractivity contribution in [2.75, 3.05) is 26.8 Å². The lowest BCUT2D eigenvalue weighted by Gasteiger charge is -2.27. The van der Waals surface area contributed by atoms with Crippen molar-refractivity contribution in [1.82, 2.24) is 4.90 Å². The average Bonchev–Trinajstić information content (AvgIpc) is 2.15. The minimum atomic E-state index is -0.436. The van der Waals surface area contributed by atoms with Crippen LogP contribution in [0.4, 0.5) is 4.79 Å².